The number of carboxylic acid groups (broad SMARTS) is 1. The average molecular weight is 236 g/mol. The standard InChI is InChI=1S/C11H12N2O2S/c1-2-13-9(11(14)15)7-12-10(13)6-8-4-3-5-16-8/h3-5,7H,2,6H2,1H3,(H,14,15). The molecule has 0 spiro atoms. The average Bonchev–Trinajstić information content (AvgIpc) is 2.87. The summed E-state index contributed by atoms with van der Waals surface area (Å²) < 4.78 is 1.74. The van der Waals surface area contributed by atoms with Crippen LogP contribution in [0.2, 0.25) is 0 Å². The zero-order valence-electron chi connectivity index (χ0n) is 8.88. The molecular weight excluding hydrogens is 224 g/mol. The Bertz CT molecular complexity index is 488. The molecule has 0 unspecified atom stereocenters. The molecule has 2 heterocycles. The first-order valence-electron chi connectivity index (χ1n) is 5.02. The van der Waals surface area contributed by atoms with E-state index in [-0.39, 0.29) is 5.69 Å². The maximum Gasteiger partial charge on any atom is 0.354 e. The van der Waals surface area contributed by atoms with E-state index in [1.165, 1.54) is 11.1 Å². The molecule has 2 rings (SSSR count). The van der Waals surface area contributed by atoms with Crippen molar-refractivity contribution in [3.63, 3.8) is 0 Å². The highest BCUT2D eigenvalue weighted by Crippen LogP contribution is 2.15. The third-order valence-electron chi connectivity index (χ3n) is 2.39. The van der Waals surface area contributed by atoms with E-state index in [1.807, 2.05) is 24.4 Å². The lowest BCUT2D eigenvalue weighted by atomic mass is 10.3. The number of aromatic carboxylic acids is 1. The fourth-order valence-corrected chi connectivity index (χ4v) is 2.35. The molecule has 1 N–H and O–H groups in total. The minimum Gasteiger partial charge on any atom is -0.477 e. The van der Waals surface area contributed by atoms with Gasteiger partial charge in [-0.25, -0.2) is 9.78 Å². The molecule has 84 valence electrons. The number of hydrogen-bond donors (Lipinski definition) is 1. The van der Waals surface area contributed by atoms with Crippen LogP contribution in [0, 0.1) is 0 Å². The number of thiophene rings is 1. The van der Waals surface area contributed by atoms with E-state index in [9.17, 15) is 4.79 Å². The van der Waals surface area contributed by atoms with Crippen LogP contribution in [0.4, 0.5) is 0 Å². The molecule has 2 aromatic rings. The van der Waals surface area contributed by atoms with Gasteiger partial charge in [0.15, 0.2) is 0 Å². The van der Waals surface area contributed by atoms with Crippen LogP contribution in [0.15, 0.2) is 23.7 Å². The molecule has 0 amide bonds. The van der Waals surface area contributed by atoms with Crippen molar-refractivity contribution in [2.75, 3.05) is 0 Å². The first kappa shape index (κ1) is 10.9. The minimum atomic E-state index is -0.924. The van der Waals surface area contributed by atoms with Gasteiger partial charge in [-0.1, -0.05) is 6.07 Å². The predicted octanol–water partition coefficient (Wildman–Crippen LogP) is 2.25. The maximum absolute atomic E-state index is 10.9. The molecule has 0 aliphatic carbocycles. The van der Waals surface area contributed by atoms with Crippen molar-refractivity contribution < 1.29 is 9.90 Å². The maximum atomic E-state index is 10.9. The number of aromatic nitrogens is 2. The molecule has 0 bridgehead atoms. The van der Waals surface area contributed by atoms with Crippen molar-refractivity contribution in [3.8, 4) is 0 Å². The van der Waals surface area contributed by atoms with E-state index in [1.54, 1.807) is 15.9 Å². The van der Waals surface area contributed by atoms with Crippen LogP contribution in [-0.4, -0.2) is 20.6 Å². The summed E-state index contributed by atoms with van der Waals surface area (Å²) in [5.41, 5.74) is 0.258. The summed E-state index contributed by atoms with van der Waals surface area (Å²) in [6.07, 6.45) is 2.12. The van der Waals surface area contributed by atoms with E-state index in [0.717, 1.165) is 5.82 Å². The number of nitrogens with zero attached hydrogens (tertiary/aromatic N) is 2. The van der Waals surface area contributed by atoms with E-state index in [0.29, 0.717) is 13.0 Å². The van der Waals surface area contributed by atoms with Crippen LogP contribution in [0.25, 0.3) is 0 Å². The second-order valence-corrected chi connectivity index (χ2v) is 4.40. The van der Waals surface area contributed by atoms with Crippen molar-refractivity contribution in [2.45, 2.75) is 19.9 Å². The lowest BCUT2D eigenvalue weighted by Gasteiger charge is -2.05. The van der Waals surface area contributed by atoms with Gasteiger partial charge in [-0.05, 0) is 18.4 Å². The zero-order chi connectivity index (χ0) is 11.5. The van der Waals surface area contributed by atoms with Crippen molar-refractivity contribution in [2.24, 2.45) is 0 Å². The Hall–Kier alpha value is -1.62. The Morgan fingerprint density at radius 2 is 2.44 bits per heavy atom. The predicted molar refractivity (Wildman–Crippen MR) is 62.0 cm³/mol. The highest BCUT2D eigenvalue weighted by molar-refractivity contribution is 7.09. The molecule has 0 saturated carbocycles. The number of carboxylic acids is 1. The first-order valence-corrected chi connectivity index (χ1v) is 5.90. The second kappa shape index (κ2) is 4.49. The summed E-state index contributed by atoms with van der Waals surface area (Å²) >= 11 is 1.65. The van der Waals surface area contributed by atoms with Crippen molar-refractivity contribution in [1.29, 1.82) is 0 Å². The molecule has 0 aliphatic rings. The van der Waals surface area contributed by atoms with Crippen molar-refractivity contribution in [1.82, 2.24) is 9.55 Å². The third-order valence-corrected chi connectivity index (χ3v) is 3.26. The Labute approximate surface area is 97.2 Å². The summed E-state index contributed by atoms with van der Waals surface area (Å²) in [6.45, 7) is 2.55. The minimum absolute atomic E-state index is 0.258. The fourth-order valence-electron chi connectivity index (χ4n) is 1.65. The van der Waals surface area contributed by atoms with Crippen LogP contribution in [-0.2, 0) is 13.0 Å². The van der Waals surface area contributed by atoms with Gasteiger partial charge in [-0.2, -0.15) is 0 Å². The van der Waals surface area contributed by atoms with Crippen molar-refractivity contribution >= 4 is 17.3 Å². The summed E-state index contributed by atoms with van der Waals surface area (Å²) in [7, 11) is 0. The highest BCUT2D eigenvalue weighted by atomic mass is 32.1. The van der Waals surface area contributed by atoms with Gasteiger partial charge in [0, 0.05) is 17.8 Å². The van der Waals surface area contributed by atoms with Gasteiger partial charge >= 0.3 is 5.97 Å². The lowest BCUT2D eigenvalue weighted by Crippen LogP contribution is -2.10. The van der Waals surface area contributed by atoms with Gasteiger partial charge in [-0.3, -0.25) is 0 Å². The van der Waals surface area contributed by atoms with Gasteiger partial charge in [0.05, 0.1) is 6.20 Å². The molecule has 5 heteroatoms. The molecule has 0 aliphatic heterocycles. The highest BCUT2D eigenvalue weighted by Gasteiger charge is 2.14. The normalized spacial score (nSPS) is 10.6. The largest absolute Gasteiger partial charge is 0.477 e. The van der Waals surface area contributed by atoms with Gasteiger partial charge in [0.1, 0.15) is 11.5 Å². The van der Waals surface area contributed by atoms with Gasteiger partial charge in [0.25, 0.3) is 0 Å². The summed E-state index contributed by atoms with van der Waals surface area (Å²) in [5.74, 6) is -0.117. The van der Waals surface area contributed by atoms with Crippen LogP contribution < -0.4 is 0 Å². The third kappa shape index (κ3) is 1.99. The van der Waals surface area contributed by atoms with Crippen LogP contribution >= 0.6 is 11.3 Å². The molecule has 0 saturated heterocycles. The fraction of sp³-hybridized carbons (Fsp3) is 0.273. The van der Waals surface area contributed by atoms with E-state index < -0.39 is 5.97 Å². The van der Waals surface area contributed by atoms with Gasteiger partial charge in [-0.15, -0.1) is 11.3 Å². The molecule has 0 atom stereocenters. The van der Waals surface area contributed by atoms with E-state index >= 15 is 0 Å². The Balaban J connectivity index is 2.31. The smallest absolute Gasteiger partial charge is 0.354 e. The monoisotopic (exact) mass is 236 g/mol. The number of rotatable bonds is 4. The quantitative estimate of drug-likeness (QED) is 0.885. The number of hydrogen-bond acceptors (Lipinski definition) is 3. The van der Waals surface area contributed by atoms with E-state index in [4.69, 9.17) is 5.11 Å². The molecule has 0 radical (unpaired) electrons. The first-order chi connectivity index (χ1) is 7.72. The lowest BCUT2D eigenvalue weighted by molar-refractivity contribution is 0.0685. The van der Waals surface area contributed by atoms with Gasteiger partial charge < -0.3 is 9.67 Å². The van der Waals surface area contributed by atoms with Gasteiger partial charge in [0.2, 0.25) is 0 Å². The zero-order valence-corrected chi connectivity index (χ0v) is 9.70. The van der Waals surface area contributed by atoms with E-state index in [2.05, 4.69) is 4.98 Å². The molecule has 4 nitrogen and oxygen atoms in total. The number of carbonyl (C=O) groups is 1. The molecule has 2 aromatic heterocycles. The Morgan fingerprint density at radius 3 is 3.00 bits per heavy atom. The Morgan fingerprint density at radius 1 is 1.62 bits per heavy atom. The molecule has 16 heavy (non-hydrogen) atoms. The van der Waals surface area contributed by atoms with Crippen LogP contribution in [0.3, 0.4) is 0 Å². The molecular formula is C11H12N2O2S. The second-order valence-electron chi connectivity index (χ2n) is 3.37. The molecule has 0 aromatic carbocycles. The Kier molecular flexibility index (Phi) is 3.05. The summed E-state index contributed by atoms with van der Waals surface area (Å²) in [6, 6.07) is 4.01. The topological polar surface area (TPSA) is 55.1 Å². The summed E-state index contributed by atoms with van der Waals surface area (Å²) in [4.78, 5) is 16.3. The van der Waals surface area contributed by atoms with Crippen LogP contribution in [0.1, 0.15) is 28.1 Å². The van der Waals surface area contributed by atoms with Crippen molar-refractivity contribution in [3.05, 3.63) is 40.1 Å². The van der Waals surface area contributed by atoms with Crippen LogP contribution in [0.5, 0.6) is 0 Å². The molecule has 0 fully saturated rings. The SMILES string of the molecule is CCn1c(C(=O)O)cnc1Cc1cccs1. The number of imidazole rings is 1. The summed E-state index contributed by atoms with van der Waals surface area (Å²) in [5, 5.41) is 11.0.